The second-order valence-corrected chi connectivity index (χ2v) is 6.52. The topological polar surface area (TPSA) is 87.7 Å². The molecule has 0 fully saturated rings. The van der Waals surface area contributed by atoms with Crippen molar-refractivity contribution in [3.63, 3.8) is 0 Å². The number of anilines is 1. The Balaban J connectivity index is 2.28. The van der Waals surface area contributed by atoms with Crippen molar-refractivity contribution in [1.82, 2.24) is 0 Å². The normalized spacial score (nSPS) is 13.9. The first-order chi connectivity index (χ1) is 14.1. The number of hydrogen-bond acceptors (Lipinski definition) is 3. The standard InChI is InChI=1S/C24H21N3O2/c1-2-24(23(28)29,20-13-7-4-8-14-20)22(18-10-5-3-6-11-18)19-12-9-15-21(16-19)26-17-27-25/h1,3-17,22H,25H2,(H,26,27)(H,28,29). The van der Waals surface area contributed by atoms with E-state index in [1.165, 1.54) is 6.34 Å². The summed E-state index contributed by atoms with van der Waals surface area (Å²) < 4.78 is 0. The maximum Gasteiger partial charge on any atom is 0.327 e. The first-order valence-corrected chi connectivity index (χ1v) is 9.03. The van der Waals surface area contributed by atoms with Crippen LogP contribution in [-0.4, -0.2) is 17.4 Å². The van der Waals surface area contributed by atoms with Crippen molar-refractivity contribution in [2.75, 3.05) is 5.32 Å². The number of nitrogens with two attached hydrogens (primary N) is 1. The van der Waals surface area contributed by atoms with E-state index in [1.807, 2.05) is 60.7 Å². The zero-order valence-corrected chi connectivity index (χ0v) is 15.7. The number of carbonyl (C=O) groups is 1. The first-order valence-electron chi connectivity index (χ1n) is 9.03. The number of carboxylic acid groups (broad SMARTS) is 1. The minimum atomic E-state index is -1.59. The van der Waals surface area contributed by atoms with Gasteiger partial charge in [0, 0.05) is 11.6 Å². The van der Waals surface area contributed by atoms with Gasteiger partial charge in [0.2, 0.25) is 0 Å². The van der Waals surface area contributed by atoms with Crippen LogP contribution in [0.5, 0.6) is 0 Å². The molecule has 4 N–H and O–H groups in total. The molecule has 29 heavy (non-hydrogen) atoms. The van der Waals surface area contributed by atoms with Gasteiger partial charge in [0.25, 0.3) is 0 Å². The Bertz CT molecular complexity index is 1040. The molecule has 0 aliphatic carbocycles. The molecule has 2 atom stereocenters. The van der Waals surface area contributed by atoms with Crippen LogP contribution in [-0.2, 0) is 10.2 Å². The van der Waals surface area contributed by atoms with Crippen molar-refractivity contribution in [2.24, 2.45) is 10.9 Å². The summed E-state index contributed by atoms with van der Waals surface area (Å²) in [5, 5.41) is 16.8. The molecule has 0 radical (unpaired) electrons. The van der Waals surface area contributed by atoms with Crippen LogP contribution in [0.1, 0.15) is 22.6 Å². The van der Waals surface area contributed by atoms with Gasteiger partial charge in [-0.2, -0.15) is 5.10 Å². The number of benzene rings is 3. The Morgan fingerprint density at radius 1 is 1.03 bits per heavy atom. The van der Waals surface area contributed by atoms with Crippen molar-refractivity contribution in [3.8, 4) is 12.3 Å². The van der Waals surface area contributed by atoms with Gasteiger partial charge in [0.05, 0.1) is 0 Å². The molecule has 5 nitrogen and oxygen atoms in total. The Morgan fingerprint density at radius 2 is 1.66 bits per heavy atom. The van der Waals surface area contributed by atoms with Gasteiger partial charge in [-0.15, -0.1) is 6.42 Å². The number of nitrogens with one attached hydrogen (secondary N) is 1. The predicted octanol–water partition coefficient (Wildman–Crippen LogP) is 3.79. The summed E-state index contributed by atoms with van der Waals surface area (Å²) in [7, 11) is 0. The molecule has 2 unspecified atom stereocenters. The van der Waals surface area contributed by atoms with E-state index in [0.29, 0.717) is 5.56 Å². The first kappa shape index (κ1) is 19.7. The van der Waals surface area contributed by atoms with Crippen molar-refractivity contribution in [3.05, 3.63) is 102 Å². The fourth-order valence-corrected chi connectivity index (χ4v) is 3.60. The Hall–Kier alpha value is -4.04. The smallest absolute Gasteiger partial charge is 0.327 e. The summed E-state index contributed by atoms with van der Waals surface area (Å²) in [4.78, 5) is 12.7. The van der Waals surface area contributed by atoms with Crippen LogP contribution in [0.15, 0.2) is 90.0 Å². The fraction of sp³-hybridized carbons (Fsp3) is 0.0833. The lowest BCUT2D eigenvalue weighted by Gasteiger charge is -2.34. The van der Waals surface area contributed by atoms with Crippen molar-refractivity contribution >= 4 is 18.0 Å². The van der Waals surface area contributed by atoms with Crippen molar-refractivity contribution in [2.45, 2.75) is 11.3 Å². The molecular formula is C24H21N3O2. The van der Waals surface area contributed by atoms with E-state index in [-0.39, 0.29) is 0 Å². The lowest BCUT2D eigenvalue weighted by atomic mass is 9.65. The fourth-order valence-electron chi connectivity index (χ4n) is 3.60. The lowest BCUT2D eigenvalue weighted by Crippen LogP contribution is -2.41. The third-order valence-corrected chi connectivity index (χ3v) is 4.89. The summed E-state index contributed by atoms with van der Waals surface area (Å²) >= 11 is 0. The third-order valence-electron chi connectivity index (χ3n) is 4.89. The molecular weight excluding hydrogens is 362 g/mol. The zero-order valence-electron chi connectivity index (χ0n) is 15.7. The highest BCUT2D eigenvalue weighted by atomic mass is 16.4. The minimum Gasteiger partial charge on any atom is -0.480 e. The number of nitrogens with zero attached hydrogens (tertiary/aromatic N) is 1. The van der Waals surface area contributed by atoms with Crippen LogP contribution in [0, 0.1) is 12.3 Å². The van der Waals surface area contributed by atoms with Gasteiger partial charge in [-0.3, -0.25) is 4.79 Å². The minimum absolute atomic E-state index is 0.547. The maximum atomic E-state index is 12.7. The zero-order chi connectivity index (χ0) is 20.7. The van der Waals surface area contributed by atoms with E-state index in [0.717, 1.165) is 16.8 Å². The van der Waals surface area contributed by atoms with E-state index in [4.69, 9.17) is 12.3 Å². The van der Waals surface area contributed by atoms with Crippen molar-refractivity contribution in [1.29, 1.82) is 0 Å². The molecule has 5 heteroatoms. The molecule has 0 heterocycles. The van der Waals surface area contributed by atoms with Gasteiger partial charge in [-0.1, -0.05) is 78.7 Å². The van der Waals surface area contributed by atoms with E-state index >= 15 is 0 Å². The Morgan fingerprint density at radius 3 is 2.24 bits per heavy atom. The van der Waals surface area contributed by atoms with Gasteiger partial charge in [0.1, 0.15) is 6.34 Å². The van der Waals surface area contributed by atoms with Gasteiger partial charge in [-0.05, 0) is 28.8 Å². The summed E-state index contributed by atoms with van der Waals surface area (Å²) in [6.07, 6.45) is 7.31. The van der Waals surface area contributed by atoms with Crippen LogP contribution < -0.4 is 11.2 Å². The van der Waals surface area contributed by atoms with Gasteiger partial charge >= 0.3 is 5.97 Å². The highest BCUT2D eigenvalue weighted by Gasteiger charge is 2.47. The number of rotatable bonds is 7. The van der Waals surface area contributed by atoms with Crippen molar-refractivity contribution < 1.29 is 9.90 Å². The second-order valence-electron chi connectivity index (χ2n) is 6.52. The summed E-state index contributed by atoms with van der Waals surface area (Å²) in [6, 6.07) is 25.8. The number of hydrazone groups is 1. The highest BCUT2D eigenvalue weighted by Crippen LogP contribution is 2.44. The molecule has 0 saturated heterocycles. The third kappa shape index (κ3) is 3.83. The van der Waals surface area contributed by atoms with E-state index in [9.17, 15) is 9.90 Å². The molecule has 0 saturated carbocycles. The molecule has 144 valence electrons. The maximum absolute atomic E-state index is 12.7. The van der Waals surface area contributed by atoms with Crippen LogP contribution in [0.25, 0.3) is 0 Å². The molecule has 0 spiro atoms. The highest BCUT2D eigenvalue weighted by molar-refractivity contribution is 5.88. The number of terminal acetylenes is 1. The number of aliphatic carboxylic acids is 1. The average Bonchev–Trinajstić information content (AvgIpc) is 2.77. The van der Waals surface area contributed by atoms with E-state index < -0.39 is 17.3 Å². The quantitative estimate of drug-likeness (QED) is 0.190. The van der Waals surface area contributed by atoms with Crippen LogP contribution in [0.3, 0.4) is 0 Å². The molecule has 0 bridgehead atoms. The SMILES string of the molecule is C#CC(C(=O)O)(c1ccccc1)C(c1ccccc1)c1cccc(NC=NN)c1. The Kier molecular flexibility index (Phi) is 5.96. The number of carboxylic acids is 1. The predicted molar refractivity (Wildman–Crippen MR) is 116 cm³/mol. The largest absolute Gasteiger partial charge is 0.480 e. The van der Waals surface area contributed by atoms with Gasteiger partial charge < -0.3 is 16.3 Å². The second kappa shape index (κ2) is 8.77. The molecule has 3 aromatic carbocycles. The van der Waals surface area contributed by atoms with Crippen LogP contribution in [0.2, 0.25) is 0 Å². The molecule has 3 aromatic rings. The van der Waals surface area contributed by atoms with Crippen LogP contribution >= 0.6 is 0 Å². The molecule has 0 aromatic heterocycles. The van der Waals surface area contributed by atoms with E-state index in [1.54, 1.807) is 24.3 Å². The number of hydrogen-bond donors (Lipinski definition) is 3. The van der Waals surface area contributed by atoms with Crippen LogP contribution in [0.4, 0.5) is 5.69 Å². The summed E-state index contributed by atoms with van der Waals surface area (Å²) in [5.74, 6) is 6.10. The van der Waals surface area contributed by atoms with E-state index in [2.05, 4.69) is 16.3 Å². The Labute approximate surface area is 169 Å². The van der Waals surface area contributed by atoms with Gasteiger partial charge in [-0.25, -0.2) is 0 Å². The molecule has 0 aliphatic heterocycles. The summed E-state index contributed by atoms with van der Waals surface area (Å²) in [5.41, 5.74) is 1.24. The molecule has 0 aliphatic rings. The average molecular weight is 383 g/mol. The molecule has 0 amide bonds. The summed E-state index contributed by atoms with van der Waals surface area (Å²) in [6.45, 7) is 0. The molecule has 3 rings (SSSR count). The monoisotopic (exact) mass is 383 g/mol. The van der Waals surface area contributed by atoms with Gasteiger partial charge in [0.15, 0.2) is 5.41 Å². The lowest BCUT2D eigenvalue weighted by molar-refractivity contribution is -0.142.